The second kappa shape index (κ2) is 6.76. The Bertz CT molecular complexity index is 883. The van der Waals surface area contributed by atoms with E-state index in [1.807, 2.05) is 42.5 Å². The lowest BCUT2D eigenvalue weighted by Gasteiger charge is -2.26. The van der Waals surface area contributed by atoms with E-state index >= 15 is 0 Å². The maximum atomic E-state index is 13.2. The highest BCUT2D eigenvalue weighted by Gasteiger charge is 2.35. The highest BCUT2D eigenvalue weighted by atomic mass is 79.9. The predicted octanol–water partition coefficient (Wildman–Crippen LogP) is 3.54. The first-order valence-electron chi connectivity index (χ1n) is 8.68. The van der Waals surface area contributed by atoms with Crippen LogP contribution in [0.5, 0.6) is 5.75 Å². The number of nitrogens with zero attached hydrogens (tertiary/aromatic N) is 2. The Balaban J connectivity index is 1.64. The zero-order valence-electron chi connectivity index (χ0n) is 14.4. The number of amides is 2. The Morgan fingerprint density at radius 2 is 1.77 bits per heavy atom. The fourth-order valence-electron chi connectivity index (χ4n) is 3.63. The van der Waals surface area contributed by atoms with E-state index in [0.29, 0.717) is 19.5 Å². The van der Waals surface area contributed by atoms with Gasteiger partial charge >= 0.3 is 0 Å². The number of para-hydroxylation sites is 2. The highest BCUT2D eigenvalue weighted by Crippen LogP contribution is 2.36. The molecule has 1 atom stereocenters. The van der Waals surface area contributed by atoms with Gasteiger partial charge < -0.3 is 14.5 Å². The molecule has 134 valence electrons. The first-order chi connectivity index (χ1) is 12.5. The van der Waals surface area contributed by atoms with Crippen LogP contribution >= 0.6 is 15.9 Å². The van der Waals surface area contributed by atoms with E-state index in [-0.39, 0.29) is 11.8 Å². The molecule has 2 amide bonds. The second-order valence-corrected chi connectivity index (χ2v) is 7.48. The largest absolute Gasteiger partial charge is 0.480 e. The molecule has 2 aromatic carbocycles. The van der Waals surface area contributed by atoms with Gasteiger partial charge in [0.25, 0.3) is 5.91 Å². The van der Waals surface area contributed by atoms with Crippen LogP contribution in [-0.2, 0) is 16.0 Å². The number of hydrogen-bond acceptors (Lipinski definition) is 3. The van der Waals surface area contributed by atoms with Gasteiger partial charge in [0.1, 0.15) is 5.75 Å². The van der Waals surface area contributed by atoms with Gasteiger partial charge in [0.15, 0.2) is 6.10 Å². The fraction of sp³-hybridized carbons (Fsp3) is 0.300. The minimum Gasteiger partial charge on any atom is -0.480 e. The Hall–Kier alpha value is -2.34. The summed E-state index contributed by atoms with van der Waals surface area (Å²) in [7, 11) is 0. The van der Waals surface area contributed by atoms with Gasteiger partial charge in [0.05, 0.1) is 11.4 Å². The summed E-state index contributed by atoms with van der Waals surface area (Å²) >= 11 is 3.46. The number of carbonyl (C=O) groups is 2. The Kier molecular flexibility index (Phi) is 4.44. The first-order valence-corrected chi connectivity index (χ1v) is 9.47. The van der Waals surface area contributed by atoms with Crippen LogP contribution in [0.2, 0.25) is 0 Å². The molecular weight excluding hydrogens is 396 g/mol. The molecule has 0 spiro atoms. The maximum Gasteiger partial charge on any atom is 0.268 e. The number of carbonyl (C=O) groups excluding carboxylic acids is 2. The average Bonchev–Trinajstić information content (AvgIpc) is 2.94. The van der Waals surface area contributed by atoms with E-state index in [9.17, 15) is 9.59 Å². The minimum atomic E-state index is -0.531. The van der Waals surface area contributed by atoms with E-state index in [4.69, 9.17) is 4.74 Å². The summed E-state index contributed by atoms with van der Waals surface area (Å²) in [6.45, 7) is 2.73. The van der Waals surface area contributed by atoms with Gasteiger partial charge in [-0.05, 0) is 42.3 Å². The van der Waals surface area contributed by atoms with Crippen molar-refractivity contribution in [2.75, 3.05) is 22.9 Å². The van der Waals surface area contributed by atoms with E-state index in [1.165, 1.54) is 0 Å². The summed E-state index contributed by atoms with van der Waals surface area (Å²) in [5.74, 6) is 0.691. The molecule has 0 saturated carbocycles. The third-order valence-corrected chi connectivity index (χ3v) is 5.34. The molecule has 0 bridgehead atoms. The minimum absolute atomic E-state index is 0.0129. The van der Waals surface area contributed by atoms with Crippen LogP contribution in [0, 0.1) is 0 Å². The summed E-state index contributed by atoms with van der Waals surface area (Å²) in [6.07, 6.45) is 0.754. The smallest absolute Gasteiger partial charge is 0.268 e. The van der Waals surface area contributed by atoms with Crippen LogP contribution in [0.1, 0.15) is 18.9 Å². The number of fused-ring (bicyclic) bond motifs is 2. The van der Waals surface area contributed by atoms with Crippen LogP contribution in [0.4, 0.5) is 11.4 Å². The van der Waals surface area contributed by atoms with Crippen molar-refractivity contribution in [1.29, 1.82) is 0 Å². The summed E-state index contributed by atoms with van der Waals surface area (Å²) in [4.78, 5) is 28.8. The van der Waals surface area contributed by atoms with Crippen LogP contribution in [-0.4, -0.2) is 31.0 Å². The third kappa shape index (κ3) is 2.98. The molecule has 5 nitrogen and oxygen atoms in total. The SMILES string of the molecule is CC(=O)N1CCCN(C(=O)C2Cc3cc(Br)ccc3O2)c2ccccc21. The molecule has 26 heavy (non-hydrogen) atoms. The van der Waals surface area contributed by atoms with Crippen molar-refractivity contribution in [2.45, 2.75) is 25.9 Å². The number of benzene rings is 2. The van der Waals surface area contributed by atoms with Crippen LogP contribution in [0.25, 0.3) is 0 Å². The average molecular weight is 415 g/mol. The predicted molar refractivity (Wildman–Crippen MR) is 104 cm³/mol. The molecule has 2 aliphatic rings. The van der Waals surface area contributed by atoms with Gasteiger partial charge in [0, 0.05) is 30.9 Å². The first kappa shape index (κ1) is 17.1. The Morgan fingerprint density at radius 1 is 1.08 bits per heavy atom. The molecule has 2 heterocycles. The molecule has 2 aliphatic heterocycles. The molecule has 0 aliphatic carbocycles. The number of rotatable bonds is 1. The Morgan fingerprint density at radius 3 is 2.50 bits per heavy atom. The van der Waals surface area contributed by atoms with Crippen molar-refractivity contribution < 1.29 is 14.3 Å². The molecule has 0 radical (unpaired) electrons. The molecule has 1 unspecified atom stereocenters. The lowest BCUT2D eigenvalue weighted by molar-refractivity contribution is -0.124. The van der Waals surface area contributed by atoms with Gasteiger partial charge in [-0.15, -0.1) is 0 Å². The van der Waals surface area contributed by atoms with E-state index < -0.39 is 6.10 Å². The maximum absolute atomic E-state index is 13.2. The second-order valence-electron chi connectivity index (χ2n) is 6.57. The van der Waals surface area contributed by atoms with Gasteiger partial charge in [-0.2, -0.15) is 0 Å². The normalized spacial score (nSPS) is 18.6. The highest BCUT2D eigenvalue weighted by molar-refractivity contribution is 9.10. The van der Waals surface area contributed by atoms with Crippen molar-refractivity contribution in [3.8, 4) is 5.75 Å². The molecular formula is C20H19BrN2O3. The van der Waals surface area contributed by atoms with E-state index in [2.05, 4.69) is 15.9 Å². The number of halogens is 1. The number of hydrogen-bond donors (Lipinski definition) is 0. The standard InChI is InChI=1S/C20H19BrN2O3/c1-13(24)22-9-4-10-23(17-6-3-2-5-16(17)22)20(25)19-12-14-11-15(21)7-8-18(14)26-19/h2-3,5-8,11,19H,4,9-10,12H2,1H3. The Labute approximate surface area is 160 Å². The topological polar surface area (TPSA) is 49.9 Å². The zero-order chi connectivity index (χ0) is 18.3. The molecule has 0 saturated heterocycles. The van der Waals surface area contributed by atoms with Crippen molar-refractivity contribution in [3.63, 3.8) is 0 Å². The lowest BCUT2D eigenvalue weighted by Crippen LogP contribution is -2.42. The number of anilines is 2. The molecule has 6 heteroatoms. The van der Waals surface area contributed by atoms with Gasteiger partial charge in [-0.3, -0.25) is 9.59 Å². The van der Waals surface area contributed by atoms with Crippen molar-refractivity contribution in [3.05, 3.63) is 52.5 Å². The lowest BCUT2D eigenvalue weighted by atomic mass is 10.1. The van der Waals surface area contributed by atoms with Crippen molar-refractivity contribution in [2.24, 2.45) is 0 Å². The third-order valence-electron chi connectivity index (χ3n) is 4.85. The van der Waals surface area contributed by atoms with Gasteiger partial charge in [-0.1, -0.05) is 28.1 Å². The monoisotopic (exact) mass is 414 g/mol. The summed E-state index contributed by atoms with van der Waals surface area (Å²) in [5.41, 5.74) is 2.58. The van der Waals surface area contributed by atoms with Gasteiger partial charge in [0.2, 0.25) is 5.91 Å². The zero-order valence-corrected chi connectivity index (χ0v) is 16.0. The molecule has 2 aromatic rings. The summed E-state index contributed by atoms with van der Waals surface area (Å²) in [6, 6.07) is 13.4. The van der Waals surface area contributed by atoms with Crippen LogP contribution < -0.4 is 14.5 Å². The van der Waals surface area contributed by atoms with Crippen LogP contribution in [0.15, 0.2) is 46.9 Å². The summed E-state index contributed by atoms with van der Waals surface area (Å²) in [5, 5.41) is 0. The molecule has 0 N–H and O–H groups in total. The van der Waals surface area contributed by atoms with Crippen molar-refractivity contribution >= 4 is 39.1 Å². The van der Waals surface area contributed by atoms with Gasteiger partial charge in [-0.25, -0.2) is 0 Å². The molecule has 4 rings (SSSR count). The van der Waals surface area contributed by atoms with Crippen molar-refractivity contribution in [1.82, 2.24) is 0 Å². The van der Waals surface area contributed by atoms with E-state index in [0.717, 1.165) is 33.6 Å². The molecule has 0 fully saturated rings. The van der Waals surface area contributed by atoms with E-state index in [1.54, 1.807) is 16.7 Å². The fourth-order valence-corrected chi connectivity index (χ4v) is 4.04. The molecule has 0 aromatic heterocycles. The van der Waals surface area contributed by atoms with Crippen LogP contribution in [0.3, 0.4) is 0 Å². The summed E-state index contributed by atoms with van der Waals surface area (Å²) < 4.78 is 6.89. The number of ether oxygens (including phenoxy) is 1. The quantitative estimate of drug-likeness (QED) is 0.716.